The number of aliphatic hydroxyl groups excluding tert-OH is 5. The van der Waals surface area contributed by atoms with E-state index in [1.54, 1.807) is 0 Å². The zero-order valence-electron chi connectivity index (χ0n) is 13.7. The Morgan fingerprint density at radius 1 is 1.08 bits per heavy atom. The summed E-state index contributed by atoms with van der Waals surface area (Å²) in [5.41, 5.74) is 5.63. The first-order valence-electron chi connectivity index (χ1n) is 8.05. The first-order chi connectivity index (χ1) is 11.6. The van der Waals surface area contributed by atoms with Crippen molar-refractivity contribution in [2.24, 2.45) is 5.73 Å². The molecule has 0 aromatic rings. The predicted molar refractivity (Wildman–Crippen MR) is 84.0 cm³/mol. The van der Waals surface area contributed by atoms with E-state index in [9.17, 15) is 25.0 Å². The zero-order valence-corrected chi connectivity index (χ0v) is 14.6. The Balaban J connectivity index is 0.000000370. The molecule has 1 saturated heterocycles. The minimum Gasteiger partial charge on any atom is -0.394 e. The number of nitrogens with two attached hydrogens (primary N) is 1. The van der Waals surface area contributed by atoms with Crippen molar-refractivity contribution in [3.63, 3.8) is 0 Å². The number of phosphoric acid groups is 1. The van der Waals surface area contributed by atoms with E-state index < -0.39 is 51.2 Å². The van der Waals surface area contributed by atoms with Gasteiger partial charge in [-0.3, -0.25) is 4.52 Å². The Morgan fingerprint density at radius 3 is 2.04 bits per heavy atom. The van der Waals surface area contributed by atoms with Crippen LogP contribution in [-0.4, -0.2) is 84.8 Å². The van der Waals surface area contributed by atoms with Gasteiger partial charge in [0.15, 0.2) is 6.29 Å². The van der Waals surface area contributed by atoms with E-state index >= 15 is 0 Å². The highest BCUT2D eigenvalue weighted by Gasteiger charge is 2.48. The highest BCUT2D eigenvalue weighted by Crippen LogP contribution is 2.40. The van der Waals surface area contributed by atoms with E-state index in [1.165, 1.54) is 32.1 Å². The van der Waals surface area contributed by atoms with Gasteiger partial charge >= 0.3 is 7.82 Å². The van der Waals surface area contributed by atoms with Gasteiger partial charge in [0.25, 0.3) is 0 Å². The van der Waals surface area contributed by atoms with Crippen LogP contribution >= 0.6 is 7.82 Å². The van der Waals surface area contributed by atoms with Crippen molar-refractivity contribution in [3.8, 4) is 0 Å². The fourth-order valence-corrected chi connectivity index (χ4v) is 3.10. The number of hydrogen-bond acceptors (Lipinski definition) is 9. The van der Waals surface area contributed by atoms with E-state index in [2.05, 4.69) is 4.52 Å². The zero-order chi connectivity index (χ0) is 19.2. The number of ether oxygens (including phenoxy) is 1. The molecule has 0 aromatic carbocycles. The van der Waals surface area contributed by atoms with Gasteiger partial charge in [0, 0.05) is 6.04 Å². The Hall–Kier alpha value is -0.170. The molecule has 25 heavy (non-hydrogen) atoms. The smallest absolute Gasteiger partial charge is 0.394 e. The average Bonchev–Trinajstić information content (AvgIpc) is 2.55. The summed E-state index contributed by atoms with van der Waals surface area (Å²) in [5.74, 6) is 0. The Labute approximate surface area is 145 Å². The molecule has 0 radical (unpaired) electrons. The summed E-state index contributed by atoms with van der Waals surface area (Å²) in [6, 6.07) is 0.536. The first kappa shape index (κ1) is 22.9. The van der Waals surface area contributed by atoms with Gasteiger partial charge in [0.1, 0.15) is 30.5 Å². The minimum atomic E-state index is -5.00. The molecule has 1 heterocycles. The predicted octanol–water partition coefficient (Wildman–Crippen LogP) is -2.47. The van der Waals surface area contributed by atoms with Gasteiger partial charge in [-0.05, 0) is 12.8 Å². The third kappa shape index (κ3) is 7.53. The van der Waals surface area contributed by atoms with Gasteiger partial charge in [0.05, 0.1) is 6.61 Å². The second kappa shape index (κ2) is 10.2. The normalized spacial score (nSPS) is 35.6. The summed E-state index contributed by atoms with van der Waals surface area (Å²) in [7, 11) is -5.00. The SMILES string of the molecule is NC1CCCCC1.O=P(O)(O)OC1O[C@@H]([C@H](O)CO)C(O)C(O)[C@H]1O. The monoisotopic (exact) mass is 389 g/mol. The second-order valence-electron chi connectivity index (χ2n) is 6.18. The number of rotatable bonds is 4. The van der Waals surface area contributed by atoms with Crippen LogP contribution in [0.5, 0.6) is 0 Å². The maximum atomic E-state index is 10.6. The quantitative estimate of drug-likeness (QED) is 0.237. The van der Waals surface area contributed by atoms with Crippen LogP contribution in [0.3, 0.4) is 0 Å². The molecule has 0 spiro atoms. The van der Waals surface area contributed by atoms with Gasteiger partial charge in [-0.2, -0.15) is 0 Å². The molecule has 6 atom stereocenters. The van der Waals surface area contributed by atoms with Crippen molar-refractivity contribution in [1.82, 2.24) is 0 Å². The molecule has 11 nitrogen and oxygen atoms in total. The highest BCUT2D eigenvalue weighted by atomic mass is 31.2. The highest BCUT2D eigenvalue weighted by molar-refractivity contribution is 7.46. The maximum Gasteiger partial charge on any atom is 0.472 e. The molecule has 12 heteroatoms. The molecular formula is C13H28NO10P. The van der Waals surface area contributed by atoms with Crippen LogP contribution in [-0.2, 0) is 13.8 Å². The fourth-order valence-electron chi connectivity index (χ4n) is 2.65. The molecular weight excluding hydrogens is 361 g/mol. The van der Waals surface area contributed by atoms with E-state index in [4.69, 9.17) is 25.4 Å². The summed E-state index contributed by atoms with van der Waals surface area (Å²) in [6.45, 7) is -0.826. The topological polar surface area (TPSA) is 203 Å². The van der Waals surface area contributed by atoms with Crippen molar-refractivity contribution in [1.29, 1.82) is 0 Å². The van der Waals surface area contributed by atoms with E-state index in [0.717, 1.165) is 0 Å². The molecule has 0 aromatic heterocycles. The molecule has 2 fully saturated rings. The minimum absolute atomic E-state index is 0.536. The van der Waals surface area contributed by atoms with Crippen molar-refractivity contribution < 1.29 is 49.1 Å². The number of hydrogen-bond donors (Lipinski definition) is 8. The largest absolute Gasteiger partial charge is 0.472 e. The summed E-state index contributed by atoms with van der Waals surface area (Å²) in [4.78, 5) is 17.1. The van der Waals surface area contributed by atoms with Crippen LogP contribution < -0.4 is 5.73 Å². The van der Waals surface area contributed by atoms with Gasteiger partial charge in [-0.25, -0.2) is 4.57 Å². The summed E-state index contributed by atoms with van der Waals surface area (Å²) in [5, 5.41) is 46.3. The third-order valence-electron chi connectivity index (χ3n) is 4.06. The molecule has 150 valence electrons. The van der Waals surface area contributed by atoms with Crippen molar-refractivity contribution in [2.45, 2.75) is 75.0 Å². The lowest BCUT2D eigenvalue weighted by molar-refractivity contribution is -0.293. The maximum absolute atomic E-state index is 10.6. The van der Waals surface area contributed by atoms with Crippen LogP contribution in [0.15, 0.2) is 0 Å². The lowest BCUT2D eigenvalue weighted by Gasteiger charge is -2.41. The van der Waals surface area contributed by atoms with Crippen LogP contribution in [0, 0.1) is 0 Å². The van der Waals surface area contributed by atoms with Crippen LogP contribution in [0.2, 0.25) is 0 Å². The third-order valence-corrected chi connectivity index (χ3v) is 4.55. The van der Waals surface area contributed by atoms with Gasteiger partial charge in [-0.1, -0.05) is 19.3 Å². The van der Waals surface area contributed by atoms with Crippen LogP contribution in [0.25, 0.3) is 0 Å². The number of aliphatic hydroxyl groups is 5. The Kier molecular flexibility index (Phi) is 9.37. The van der Waals surface area contributed by atoms with E-state index in [0.29, 0.717) is 6.04 Å². The van der Waals surface area contributed by atoms with Crippen LogP contribution in [0.1, 0.15) is 32.1 Å². The molecule has 9 N–H and O–H groups in total. The standard InChI is InChI=1S/C7H15O10P.C6H13N/c8-1-2(9)6-4(11)3(10)5(12)7(16-6)17-18(13,14)15;7-6-4-2-1-3-5-6/h2-12H,1H2,(H2,13,14,15);6H,1-5,7H2/t2-,3?,4?,5-,6+,7?;/m1./s1. The second-order valence-corrected chi connectivity index (χ2v) is 7.38. The molecule has 3 unspecified atom stereocenters. The van der Waals surface area contributed by atoms with E-state index in [-0.39, 0.29) is 0 Å². The summed E-state index contributed by atoms with van der Waals surface area (Å²) >= 11 is 0. The molecule has 1 aliphatic heterocycles. The van der Waals surface area contributed by atoms with E-state index in [1.807, 2.05) is 0 Å². The Bertz CT molecular complexity index is 429. The summed E-state index contributed by atoms with van der Waals surface area (Å²) < 4.78 is 19.4. The lowest BCUT2D eigenvalue weighted by atomic mass is 9.96. The average molecular weight is 389 g/mol. The summed E-state index contributed by atoms with van der Waals surface area (Å²) in [6.07, 6.45) is -4.00. The molecule has 1 aliphatic carbocycles. The van der Waals surface area contributed by atoms with Crippen molar-refractivity contribution >= 4 is 7.82 Å². The van der Waals surface area contributed by atoms with Crippen LogP contribution in [0.4, 0.5) is 0 Å². The lowest BCUT2D eigenvalue weighted by Crippen LogP contribution is -2.61. The number of phosphoric ester groups is 1. The first-order valence-corrected chi connectivity index (χ1v) is 9.58. The molecule has 0 amide bonds. The Morgan fingerprint density at radius 2 is 1.64 bits per heavy atom. The molecule has 2 rings (SSSR count). The van der Waals surface area contributed by atoms with Gasteiger partial charge in [-0.15, -0.1) is 0 Å². The van der Waals surface area contributed by atoms with Crippen molar-refractivity contribution in [3.05, 3.63) is 0 Å². The van der Waals surface area contributed by atoms with Gasteiger partial charge in [0.2, 0.25) is 0 Å². The molecule has 0 bridgehead atoms. The molecule has 1 saturated carbocycles. The fraction of sp³-hybridized carbons (Fsp3) is 1.00. The molecule has 2 aliphatic rings. The van der Waals surface area contributed by atoms with Crippen molar-refractivity contribution in [2.75, 3.05) is 6.61 Å². The van der Waals surface area contributed by atoms with Gasteiger partial charge < -0.3 is 45.8 Å².